The van der Waals surface area contributed by atoms with Crippen molar-refractivity contribution in [2.45, 2.75) is 31.4 Å². The predicted molar refractivity (Wildman–Crippen MR) is 71.8 cm³/mol. The van der Waals surface area contributed by atoms with Gasteiger partial charge in [-0.05, 0) is 25.8 Å². The van der Waals surface area contributed by atoms with Gasteiger partial charge in [-0.1, -0.05) is 18.2 Å². The number of rotatable bonds is 4. The number of anilines is 1. The molecule has 0 aliphatic heterocycles. The van der Waals surface area contributed by atoms with Crippen LogP contribution in [0.15, 0.2) is 24.3 Å². The van der Waals surface area contributed by atoms with E-state index >= 15 is 0 Å². The van der Waals surface area contributed by atoms with Crippen molar-refractivity contribution in [3.63, 3.8) is 0 Å². The molecule has 1 saturated carbocycles. The van der Waals surface area contributed by atoms with Crippen LogP contribution in [-0.2, 0) is 10.5 Å². The van der Waals surface area contributed by atoms with Crippen molar-refractivity contribution in [3.8, 4) is 0 Å². The number of benzene rings is 1. The number of H-pyrrole nitrogens is 1. The highest BCUT2D eigenvalue weighted by Crippen LogP contribution is 2.38. The number of halogens is 2. The van der Waals surface area contributed by atoms with E-state index in [-0.39, 0.29) is 11.5 Å². The first-order valence-corrected chi connectivity index (χ1v) is 6.66. The van der Waals surface area contributed by atoms with Gasteiger partial charge in [0, 0.05) is 11.5 Å². The minimum Gasteiger partial charge on any atom is -0.290 e. The second-order valence-corrected chi connectivity index (χ2v) is 5.26. The standard InChI is InChI=1S/C14H14F2N4O/c1-14(16,9-4-2-3-5-10(9)15)12(21)18-13-17-11(19-20-13)8-6-7-8/h2-5,8H,6-7H2,1H3,(H2,17,18,19,20,21). The molecule has 1 fully saturated rings. The minimum absolute atomic E-state index is 0.00196. The maximum absolute atomic E-state index is 14.6. The van der Waals surface area contributed by atoms with Crippen molar-refractivity contribution >= 4 is 11.9 Å². The van der Waals surface area contributed by atoms with Crippen LogP contribution in [0, 0.1) is 5.82 Å². The van der Waals surface area contributed by atoms with Crippen LogP contribution >= 0.6 is 0 Å². The number of alkyl halides is 1. The quantitative estimate of drug-likeness (QED) is 0.910. The smallest absolute Gasteiger partial charge is 0.268 e. The zero-order chi connectivity index (χ0) is 15.0. The molecule has 1 aliphatic rings. The normalized spacial score (nSPS) is 17.3. The molecule has 0 bridgehead atoms. The highest BCUT2D eigenvalue weighted by molar-refractivity contribution is 5.96. The SMILES string of the molecule is CC(F)(C(=O)Nc1n[nH]c(C2CC2)n1)c1ccccc1F. The summed E-state index contributed by atoms with van der Waals surface area (Å²) in [6.07, 6.45) is 2.05. The molecule has 21 heavy (non-hydrogen) atoms. The summed E-state index contributed by atoms with van der Waals surface area (Å²) in [5.41, 5.74) is -2.83. The van der Waals surface area contributed by atoms with Crippen LogP contribution in [0.5, 0.6) is 0 Å². The number of hydrogen-bond acceptors (Lipinski definition) is 3. The van der Waals surface area contributed by atoms with Gasteiger partial charge >= 0.3 is 0 Å². The number of aromatic nitrogens is 3. The maximum Gasteiger partial charge on any atom is 0.268 e. The van der Waals surface area contributed by atoms with Crippen LogP contribution in [-0.4, -0.2) is 21.1 Å². The number of hydrogen-bond donors (Lipinski definition) is 2. The molecule has 1 heterocycles. The molecule has 1 unspecified atom stereocenters. The Morgan fingerprint density at radius 2 is 2.14 bits per heavy atom. The number of carbonyl (C=O) groups is 1. The fraction of sp³-hybridized carbons (Fsp3) is 0.357. The van der Waals surface area contributed by atoms with E-state index in [9.17, 15) is 13.6 Å². The summed E-state index contributed by atoms with van der Waals surface area (Å²) < 4.78 is 28.3. The van der Waals surface area contributed by atoms with Gasteiger partial charge in [-0.3, -0.25) is 15.2 Å². The van der Waals surface area contributed by atoms with E-state index in [4.69, 9.17) is 0 Å². The van der Waals surface area contributed by atoms with E-state index < -0.39 is 17.4 Å². The highest BCUT2D eigenvalue weighted by atomic mass is 19.1. The average Bonchev–Trinajstić information content (AvgIpc) is 3.20. The zero-order valence-electron chi connectivity index (χ0n) is 11.4. The van der Waals surface area contributed by atoms with E-state index in [1.165, 1.54) is 18.2 Å². The summed E-state index contributed by atoms with van der Waals surface area (Å²) >= 11 is 0. The Morgan fingerprint density at radius 1 is 1.43 bits per heavy atom. The first kappa shape index (κ1) is 13.7. The van der Waals surface area contributed by atoms with E-state index in [0.29, 0.717) is 11.7 Å². The Morgan fingerprint density at radius 3 is 2.81 bits per heavy atom. The van der Waals surface area contributed by atoms with Gasteiger partial charge in [-0.25, -0.2) is 8.78 Å². The van der Waals surface area contributed by atoms with Gasteiger partial charge < -0.3 is 0 Å². The van der Waals surface area contributed by atoms with Crippen LogP contribution in [0.1, 0.15) is 37.1 Å². The summed E-state index contributed by atoms with van der Waals surface area (Å²) in [5.74, 6) is -0.759. The summed E-state index contributed by atoms with van der Waals surface area (Å²) in [4.78, 5) is 16.1. The van der Waals surface area contributed by atoms with Crippen LogP contribution < -0.4 is 5.32 Å². The van der Waals surface area contributed by atoms with E-state index in [0.717, 1.165) is 25.8 Å². The average molecular weight is 292 g/mol. The molecule has 5 nitrogen and oxygen atoms in total. The Balaban J connectivity index is 1.78. The highest BCUT2D eigenvalue weighted by Gasteiger charge is 2.38. The number of aromatic amines is 1. The van der Waals surface area contributed by atoms with E-state index in [2.05, 4.69) is 20.5 Å². The molecule has 1 aromatic carbocycles. The molecule has 1 aliphatic carbocycles. The van der Waals surface area contributed by atoms with Crippen LogP contribution in [0.3, 0.4) is 0 Å². The lowest BCUT2D eigenvalue weighted by atomic mass is 9.96. The van der Waals surface area contributed by atoms with Gasteiger partial charge in [0.25, 0.3) is 5.91 Å². The summed E-state index contributed by atoms with van der Waals surface area (Å²) in [6.45, 7) is 1.01. The monoisotopic (exact) mass is 292 g/mol. The number of carbonyl (C=O) groups excluding carboxylic acids is 1. The molecule has 1 atom stereocenters. The molecule has 2 aromatic rings. The maximum atomic E-state index is 14.6. The first-order chi connectivity index (χ1) is 9.98. The van der Waals surface area contributed by atoms with E-state index in [1.807, 2.05) is 0 Å². The van der Waals surface area contributed by atoms with Gasteiger partial charge in [0.1, 0.15) is 11.6 Å². The lowest BCUT2D eigenvalue weighted by Gasteiger charge is -2.19. The number of nitrogens with zero attached hydrogens (tertiary/aromatic N) is 2. The predicted octanol–water partition coefficient (Wildman–Crippen LogP) is 2.64. The topological polar surface area (TPSA) is 70.7 Å². The van der Waals surface area contributed by atoms with Crippen molar-refractivity contribution in [2.24, 2.45) is 0 Å². The second-order valence-electron chi connectivity index (χ2n) is 5.26. The largest absolute Gasteiger partial charge is 0.290 e. The van der Waals surface area contributed by atoms with Gasteiger partial charge in [0.15, 0.2) is 0 Å². The summed E-state index contributed by atoms with van der Waals surface area (Å²) in [5, 5.41) is 8.80. The molecular formula is C14H14F2N4O. The molecule has 1 amide bonds. The molecule has 7 heteroatoms. The Labute approximate surface area is 119 Å². The molecular weight excluding hydrogens is 278 g/mol. The molecule has 0 saturated heterocycles. The fourth-order valence-corrected chi connectivity index (χ4v) is 2.05. The van der Waals surface area contributed by atoms with Gasteiger partial charge in [0.05, 0.1) is 0 Å². The van der Waals surface area contributed by atoms with Crippen LogP contribution in [0.4, 0.5) is 14.7 Å². The molecule has 3 rings (SSSR count). The second kappa shape index (κ2) is 4.91. The summed E-state index contributed by atoms with van der Waals surface area (Å²) in [6, 6.07) is 5.26. The number of nitrogens with one attached hydrogen (secondary N) is 2. The third-order valence-electron chi connectivity index (χ3n) is 3.50. The van der Waals surface area contributed by atoms with Gasteiger partial charge in [0.2, 0.25) is 11.6 Å². The Hall–Kier alpha value is -2.31. The van der Waals surface area contributed by atoms with Crippen molar-refractivity contribution in [1.29, 1.82) is 0 Å². The number of amides is 1. The van der Waals surface area contributed by atoms with Crippen molar-refractivity contribution in [3.05, 3.63) is 41.5 Å². The van der Waals surface area contributed by atoms with Crippen LogP contribution in [0.2, 0.25) is 0 Å². The van der Waals surface area contributed by atoms with Crippen molar-refractivity contribution in [1.82, 2.24) is 15.2 Å². The third kappa shape index (κ3) is 2.63. The van der Waals surface area contributed by atoms with Crippen molar-refractivity contribution < 1.29 is 13.6 Å². The molecule has 0 radical (unpaired) electrons. The fourth-order valence-electron chi connectivity index (χ4n) is 2.05. The lowest BCUT2D eigenvalue weighted by molar-refractivity contribution is -0.127. The lowest BCUT2D eigenvalue weighted by Crippen LogP contribution is -2.34. The Kier molecular flexibility index (Phi) is 3.19. The van der Waals surface area contributed by atoms with E-state index in [1.54, 1.807) is 0 Å². The molecule has 0 spiro atoms. The minimum atomic E-state index is -2.51. The molecule has 2 N–H and O–H groups in total. The first-order valence-electron chi connectivity index (χ1n) is 6.66. The molecule has 110 valence electrons. The third-order valence-corrected chi connectivity index (χ3v) is 3.50. The zero-order valence-corrected chi connectivity index (χ0v) is 11.4. The molecule has 1 aromatic heterocycles. The van der Waals surface area contributed by atoms with Crippen LogP contribution in [0.25, 0.3) is 0 Å². The van der Waals surface area contributed by atoms with Gasteiger partial charge in [-0.2, -0.15) is 4.98 Å². The Bertz CT molecular complexity index is 679. The van der Waals surface area contributed by atoms with Gasteiger partial charge in [-0.15, -0.1) is 5.10 Å². The van der Waals surface area contributed by atoms with Crippen molar-refractivity contribution in [2.75, 3.05) is 5.32 Å². The summed E-state index contributed by atoms with van der Waals surface area (Å²) in [7, 11) is 0.